The maximum absolute atomic E-state index is 7.79. The van der Waals surface area contributed by atoms with E-state index in [-0.39, 0.29) is 11.5 Å². The van der Waals surface area contributed by atoms with Crippen LogP contribution >= 0.6 is 0 Å². The van der Waals surface area contributed by atoms with Crippen molar-refractivity contribution < 1.29 is 18.9 Å². The smallest absolute Gasteiger partial charge is 0.165 e. The fourth-order valence-corrected chi connectivity index (χ4v) is 12.5. The molecule has 80 heavy (non-hydrogen) atoms. The van der Waals surface area contributed by atoms with Crippen molar-refractivity contribution in [3.05, 3.63) is 180 Å². The summed E-state index contributed by atoms with van der Waals surface area (Å²) >= 11 is 0. The topological polar surface area (TPSA) is 157 Å². The lowest BCUT2D eigenvalue weighted by Gasteiger charge is -2.48. The standard InChI is InChI=1S/C66H64N10O4/c1-77-52-12-5-9-45(41-52)61-71-59-25-23-57(43-7-3-10-50(39-43)73-31-35-79-36-32-73)69-63(59)75(61)48-19-15-47(16-20-48)66(68)30-27-56(66)55-42-53(78-2)21-22-54(55)62-72-60-26-24-58(44-8-4-11-51(40-44)74-33-37-80-38-34-74)70-64(60)76(62)49-17-13-46(14-18-49)65(67)28-6-29-65/h3-5,7-26,39-42,56H,6,27-38,67-68H2,1-2H3. The lowest BCUT2D eigenvalue weighted by molar-refractivity contribution is 0.122. The molecule has 0 bridgehead atoms. The molecule has 2 saturated carbocycles. The van der Waals surface area contributed by atoms with Gasteiger partial charge < -0.3 is 40.2 Å². The zero-order valence-corrected chi connectivity index (χ0v) is 45.2. The lowest BCUT2D eigenvalue weighted by atomic mass is 9.60. The van der Waals surface area contributed by atoms with Gasteiger partial charge in [0.05, 0.1) is 52.0 Å². The van der Waals surface area contributed by atoms with Crippen LogP contribution in [0.5, 0.6) is 11.5 Å². The Morgan fingerprint density at radius 1 is 0.487 bits per heavy atom. The van der Waals surface area contributed by atoms with E-state index in [1.165, 1.54) is 0 Å². The maximum Gasteiger partial charge on any atom is 0.165 e. The molecule has 402 valence electrons. The van der Waals surface area contributed by atoms with Crippen LogP contribution in [0, 0.1) is 0 Å². The molecule has 4 aromatic heterocycles. The summed E-state index contributed by atoms with van der Waals surface area (Å²) in [5.74, 6) is 2.97. The third-order valence-electron chi connectivity index (χ3n) is 17.3. The summed E-state index contributed by atoms with van der Waals surface area (Å²) in [5.41, 5.74) is 29.9. The predicted molar refractivity (Wildman–Crippen MR) is 316 cm³/mol. The van der Waals surface area contributed by atoms with E-state index >= 15 is 0 Å². The Kier molecular flexibility index (Phi) is 12.7. The van der Waals surface area contributed by atoms with Crippen molar-refractivity contribution in [2.45, 2.75) is 49.1 Å². The highest BCUT2D eigenvalue weighted by Crippen LogP contribution is 2.54. The van der Waals surface area contributed by atoms with E-state index in [1.807, 2.05) is 24.3 Å². The minimum absolute atomic E-state index is 0.0740. The summed E-state index contributed by atoms with van der Waals surface area (Å²) < 4.78 is 27.4. The average molecular weight is 1060 g/mol. The molecule has 2 aliphatic carbocycles. The second kappa shape index (κ2) is 20.4. The molecule has 2 unspecified atom stereocenters. The van der Waals surface area contributed by atoms with Gasteiger partial charge in [0.2, 0.25) is 0 Å². The van der Waals surface area contributed by atoms with Crippen molar-refractivity contribution in [2.75, 3.05) is 76.6 Å². The molecular weight excluding hydrogens is 997 g/mol. The Labute approximate surface area is 465 Å². The summed E-state index contributed by atoms with van der Waals surface area (Å²) in [6.07, 6.45) is 4.77. The minimum atomic E-state index is -0.711. The van der Waals surface area contributed by atoms with Crippen molar-refractivity contribution in [1.82, 2.24) is 29.1 Å². The van der Waals surface area contributed by atoms with Crippen molar-refractivity contribution >= 4 is 33.7 Å². The van der Waals surface area contributed by atoms with E-state index in [4.69, 9.17) is 50.4 Å². The fraction of sp³-hybridized carbons (Fsp3) is 0.273. The van der Waals surface area contributed by atoms with Gasteiger partial charge in [0.1, 0.15) is 34.2 Å². The third kappa shape index (κ3) is 8.83. The Hall–Kier alpha value is -8.40. The zero-order chi connectivity index (χ0) is 54.0. The Bertz CT molecular complexity index is 3930. The van der Waals surface area contributed by atoms with Gasteiger partial charge in [-0.1, -0.05) is 60.7 Å². The van der Waals surface area contributed by atoms with E-state index < -0.39 is 5.54 Å². The number of rotatable bonds is 13. The first-order valence-corrected chi connectivity index (χ1v) is 28.0. The van der Waals surface area contributed by atoms with Gasteiger partial charge >= 0.3 is 0 Å². The number of hydrogen-bond acceptors (Lipinski definition) is 12. The van der Waals surface area contributed by atoms with E-state index in [0.717, 1.165) is 203 Å². The van der Waals surface area contributed by atoms with Gasteiger partial charge in [0, 0.05) is 88.2 Å². The van der Waals surface area contributed by atoms with Gasteiger partial charge in [-0.15, -0.1) is 0 Å². The molecule has 14 rings (SSSR count). The van der Waals surface area contributed by atoms with Crippen LogP contribution in [-0.4, -0.2) is 95.9 Å². The molecule has 0 radical (unpaired) electrons. The molecule has 2 atom stereocenters. The van der Waals surface area contributed by atoms with Gasteiger partial charge in [-0.3, -0.25) is 9.13 Å². The number of nitrogens with two attached hydrogens (primary N) is 2. The average Bonchev–Trinajstić information content (AvgIpc) is 4.16. The molecule has 2 aliphatic heterocycles. The highest BCUT2D eigenvalue weighted by molar-refractivity contribution is 5.85. The Balaban J connectivity index is 0.852. The first kappa shape index (κ1) is 49.9. The molecular formula is C66H64N10O4. The molecule has 6 heterocycles. The van der Waals surface area contributed by atoms with Crippen LogP contribution in [0.4, 0.5) is 11.4 Å². The largest absolute Gasteiger partial charge is 0.497 e. The molecule has 2 saturated heterocycles. The number of ether oxygens (including phenoxy) is 4. The maximum atomic E-state index is 7.79. The summed E-state index contributed by atoms with van der Waals surface area (Å²) in [7, 11) is 3.41. The minimum Gasteiger partial charge on any atom is -0.497 e. The number of anilines is 2. The summed E-state index contributed by atoms with van der Waals surface area (Å²) in [5, 5.41) is 0. The number of aromatic nitrogens is 6. The van der Waals surface area contributed by atoms with Crippen LogP contribution in [0.15, 0.2) is 164 Å². The number of hydrogen-bond donors (Lipinski definition) is 2. The van der Waals surface area contributed by atoms with Crippen LogP contribution in [0.2, 0.25) is 0 Å². The van der Waals surface area contributed by atoms with Gasteiger partial charge in [-0.2, -0.15) is 0 Å². The van der Waals surface area contributed by atoms with Crippen LogP contribution in [0.25, 0.3) is 79.0 Å². The van der Waals surface area contributed by atoms with Gasteiger partial charge in [0.25, 0.3) is 0 Å². The summed E-state index contributed by atoms with van der Waals surface area (Å²) in [6.45, 7) is 6.29. The highest BCUT2D eigenvalue weighted by Gasteiger charge is 2.47. The Morgan fingerprint density at radius 3 is 1.55 bits per heavy atom. The lowest BCUT2D eigenvalue weighted by Crippen LogP contribution is -2.50. The van der Waals surface area contributed by atoms with E-state index in [9.17, 15) is 0 Å². The molecule has 14 nitrogen and oxygen atoms in total. The van der Waals surface area contributed by atoms with Crippen LogP contribution in [0.3, 0.4) is 0 Å². The highest BCUT2D eigenvalue weighted by atomic mass is 16.5. The summed E-state index contributed by atoms with van der Waals surface area (Å²) in [6, 6.07) is 57.3. The van der Waals surface area contributed by atoms with Gasteiger partial charge in [0.15, 0.2) is 11.3 Å². The van der Waals surface area contributed by atoms with Crippen molar-refractivity contribution in [2.24, 2.45) is 11.5 Å². The number of pyridine rings is 2. The van der Waals surface area contributed by atoms with E-state index in [0.29, 0.717) is 0 Å². The number of benzene rings is 6. The van der Waals surface area contributed by atoms with Gasteiger partial charge in [-0.25, -0.2) is 19.9 Å². The molecule has 6 aromatic carbocycles. The SMILES string of the molecule is COc1cccc(-c2nc3ccc(-c4cccc(N5CCOCC5)c4)nc3n2-c2ccc(C3(N)CCC3c3cc(OC)ccc3-c3nc4ccc(-c5cccc(N6CCOCC6)c5)nc4n3-c3ccc(C4(N)CCC4)cc3)cc2)c1. The quantitative estimate of drug-likeness (QED) is 0.113. The second-order valence-electron chi connectivity index (χ2n) is 21.8. The molecule has 4 aliphatic rings. The Morgan fingerprint density at radius 2 is 1.01 bits per heavy atom. The summed E-state index contributed by atoms with van der Waals surface area (Å²) in [4.78, 5) is 26.3. The normalized spacial score (nSPS) is 19.0. The predicted octanol–water partition coefficient (Wildman–Crippen LogP) is 11.6. The molecule has 4 fully saturated rings. The molecule has 4 N–H and O–H groups in total. The van der Waals surface area contributed by atoms with E-state index in [1.54, 1.807) is 14.2 Å². The van der Waals surface area contributed by atoms with Crippen LogP contribution < -0.4 is 30.7 Å². The number of methoxy groups -OCH3 is 2. The fourth-order valence-electron chi connectivity index (χ4n) is 12.5. The van der Waals surface area contributed by atoms with E-state index in [2.05, 4.69) is 158 Å². The monoisotopic (exact) mass is 1060 g/mol. The molecule has 10 aromatic rings. The third-order valence-corrected chi connectivity index (χ3v) is 17.3. The number of morpholine rings is 2. The van der Waals surface area contributed by atoms with Crippen molar-refractivity contribution in [3.8, 4) is 68.2 Å². The van der Waals surface area contributed by atoms with Crippen LogP contribution in [0.1, 0.15) is 54.7 Å². The number of fused-ring (bicyclic) bond motifs is 2. The van der Waals surface area contributed by atoms with Crippen molar-refractivity contribution in [1.29, 1.82) is 0 Å². The molecule has 14 heteroatoms. The molecule has 0 spiro atoms. The second-order valence-corrected chi connectivity index (χ2v) is 21.8. The van der Waals surface area contributed by atoms with Crippen LogP contribution in [-0.2, 0) is 20.6 Å². The number of nitrogens with zero attached hydrogens (tertiary/aromatic N) is 8. The molecule has 0 amide bonds. The first-order valence-electron chi connectivity index (χ1n) is 28.0. The van der Waals surface area contributed by atoms with Gasteiger partial charge in [-0.05, 0) is 152 Å². The zero-order valence-electron chi connectivity index (χ0n) is 45.2. The van der Waals surface area contributed by atoms with Crippen molar-refractivity contribution in [3.63, 3.8) is 0 Å². The number of imidazole rings is 2. The first-order chi connectivity index (χ1) is 39.2.